The Morgan fingerprint density at radius 1 is 1.06 bits per heavy atom. The van der Waals surface area contributed by atoms with Gasteiger partial charge >= 0.3 is 0 Å². The molecule has 9 heteroatoms. The Hall–Kier alpha value is -4.27. The minimum Gasteiger partial charge on any atom is -0.493 e. The zero-order valence-corrected chi connectivity index (χ0v) is 19.5. The first-order valence-electron chi connectivity index (χ1n) is 11.6. The zero-order valence-electron chi connectivity index (χ0n) is 19.5. The minimum absolute atomic E-state index is 0.0844. The molecule has 178 valence electrons. The quantitative estimate of drug-likeness (QED) is 0.346. The van der Waals surface area contributed by atoms with Crippen LogP contribution < -0.4 is 5.56 Å². The number of hydrogen-bond donors (Lipinski definition) is 1. The van der Waals surface area contributed by atoms with Crippen LogP contribution in [0.5, 0.6) is 5.88 Å². The molecule has 0 saturated heterocycles. The van der Waals surface area contributed by atoms with Crippen LogP contribution >= 0.6 is 0 Å². The number of para-hydroxylation sites is 1. The van der Waals surface area contributed by atoms with Crippen molar-refractivity contribution in [2.45, 2.75) is 45.6 Å². The Bertz CT molecular complexity index is 1520. The SMILES string of the molecule is CCCCc1nc(O)c(-c2nnc(Cc3noc4ccccc34)o2)c(=O)n1[C@H](C)c1ccccc1. The van der Waals surface area contributed by atoms with E-state index in [4.69, 9.17) is 8.94 Å². The second kappa shape index (κ2) is 9.54. The van der Waals surface area contributed by atoms with Crippen LogP contribution in [0.25, 0.3) is 22.4 Å². The number of unbranched alkanes of at least 4 members (excludes halogenated alkanes) is 1. The third-order valence-corrected chi connectivity index (χ3v) is 6.04. The van der Waals surface area contributed by atoms with Crippen LogP contribution in [-0.2, 0) is 12.8 Å². The van der Waals surface area contributed by atoms with Gasteiger partial charge < -0.3 is 14.0 Å². The molecule has 0 radical (unpaired) electrons. The fraction of sp³-hybridized carbons (Fsp3) is 0.269. The number of aromatic hydroxyl groups is 1. The molecule has 3 heterocycles. The van der Waals surface area contributed by atoms with Gasteiger partial charge in [0.15, 0.2) is 11.1 Å². The molecule has 0 aliphatic carbocycles. The number of aryl methyl sites for hydroxylation is 1. The summed E-state index contributed by atoms with van der Waals surface area (Å²) in [6.45, 7) is 4.00. The average Bonchev–Trinajstić information content (AvgIpc) is 3.50. The molecule has 35 heavy (non-hydrogen) atoms. The number of rotatable bonds is 8. The van der Waals surface area contributed by atoms with Crippen LogP contribution in [0.2, 0.25) is 0 Å². The highest BCUT2D eigenvalue weighted by atomic mass is 16.5. The highest BCUT2D eigenvalue weighted by Crippen LogP contribution is 2.28. The van der Waals surface area contributed by atoms with Crippen molar-refractivity contribution >= 4 is 11.0 Å². The Morgan fingerprint density at radius 2 is 1.83 bits per heavy atom. The molecule has 1 atom stereocenters. The summed E-state index contributed by atoms with van der Waals surface area (Å²) >= 11 is 0. The molecule has 0 spiro atoms. The molecule has 5 aromatic rings. The highest BCUT2D eigenvalue weighted by molar-refractivity contribution is 5.79. The molecule has 3 aromatic heterocycles. The van der Waals surface area contributed by atoms with Crippen LogP contribution in [0.15, 0.2) is 68.3 Å². The molecule has 5 rings (SSSR count). The lowest BCUT2D eigenvalue weighted by Crippen LogP contribution is -2.30. The van der Waals surface area contributed by atoms with Gasteiger partial charge in [-0.3, -0.25) is 9.36 Å². The van der Waals surface area contributed by atoms with E-state index in [2.05, 4.69) is 27.3 Å². The summed E-state index contributed by atoms with van der Waals surface area (Å²) in [6.07, 6.45) is 2.55. The standard InChI is InChI=1S/C26H25N5O4/c1-3-4-14-21-27-24(32)23(26(33)31(21)16(2)17-10-6-5-7-11-17)25-29-28-22(34-25)15-19-18-12-8-9-13-20(18)35-30-19/h5-13,16,32H,3-4,14-15H2,1-2H3/t16-/m1/s1. The molecule has 2 aromatic carbocycles. The Balaban J connectivity index is 1.55. The van der Waals surface area contributed by atoms with Crippen LogP contribution in [-0.4, -0.2) is 30.0 Å². The molecule has 0 saturated carbocycles. The van der Waals surface area contributed by atoms with Gasteiger partial charge in [-0.15, -0.1) is 10.2 Å². The predicted octanol–water partition coefficient (Wildman–Crippen LogP) is 4.68. The highest BCUT2D eigenvalue weighted by Gasteiger charge is 2.25. The van der Waals surface area contributed by atoms with E-state index >= 15 is 0 Å². The van der Waals surface area contributed by atoms with Crippen molar-refractivity contribution in [2.75, 3.05) is 0 Å². The van der Waals surface area contributed by atoms with Gasteiger partial charge in [0.1, 0.15) is 11.5 Å². The Kier molecular flexibility index (Phi) is 6.13. The van der Waals surface area contributed by atoms with E-state index in [-0.39, 0.29) is 29.8 Å². The first-order chi connectivity index (χ1) is 17.1. The first kappa shape index (κ1) is 22.5. The van der Waals surface area contributed by atoms with Crippen LogP contribution in [0.1, 0.15) is 55.7 Å². The Morgan fingerprint density at radius 3 is 2.63 bits per heavy atom. The van der Waals surface area contributed by atoms with Crippen molar-refractivity contribution in [3.63, 3.8) is 0 Å². The smallest absolute Gasteiger partial charge is 0.270 e. The normalized spacial score (nSPS) is 12.3. The van der Waals surface area contributed by atoms with Crippen LogP contribution in [0.3, 0.4) is 0 Å². The maximum Gasteiger partial charge on any atom is 0.270 e. The van der Waals surface area contributed by atoms with Crippen LogP contribution in [0, 0.1) is 0 Å². The molecule has 1 N–H and O–H groups in total. The Labute approximate surface area is 201 Å². The van der Waals surface area contributed by atoms with E-state index in [0.717, 1.165) is 23.8 Å². The van der Waals surface area contributed by atoms with E-state index in [0.29, 0.717) is 23.5 Å². The van der Waals surface area contributed by atoms with Crippen molar-refractivity contribution in [2.24, 2.45) is 0 Å². The van der Waals surface area contributed by atoms with E-state index in [9.17, 15) is 9.90 Å². The maximum absolute atomic E-state index is 13.7. The lowest BCUT2D eigenvalue weighted by atomic mass is 10.1. The summed E-state index contributed by atoms with van der Waals surface area (Å²) in [4.78, 5) is 18.1. The molecule has 0 unspecified atom stereocenters. The van der Waals surface area contributed by atoms with Crippen molar-refractivity contribution in [3.8, 4) is 17.3 Å². The number of aromatic nitrogens is 5. The zero-order chi connectivity index (χ0) is 24.4. The fourth-order valence-electron chi connectivity index (χ4n) is 4.18. The van der Waals surface area contributed by atoms with Gasteiger partial charge in [-0.25, -0.2) is 0 Å². The van der Waals surface area contributed by atoms with Gasteiger partial charge in [0, 0.05) is 11.8 Å². The number of hydrogen-bond acceptors (Lipinski definition) is 8. The summed E-state index contributed by atoms with van der Waals surface area (Å²) in [7, 11) is 0. The molecule has 0 aliphatic heterocycles. The first-order valence-corrected chi connectivity index (χ1v) is 11.6. The molecule has 0 amide bonds. The lowest BCUT2D eigenvalue weighted by molar-refractivity contribution is 0.429. The fourth-order valence-corrected chi connectivity index (χ4v) is 4.18. The molecule has 9 nitrogen and oxygen atoms in total. The van der Waals surface area contributed by atoms with Gasteiger partial charge in [-0.05, 0) is 31.0 Å². The van der Waals surface area contributed by atoms with Gasteiger partial charge in [0.2, 0.25) is 11.8 Å². The monoisotopic (exact) mass is 471 g/mol. The summed E-state index contributed by atoms with van der Waals surface area (Å²) in [5.74, 6) is 0.261. The average molecular weight is 472 g/mol. The third kappa shape index (κ3) is 4.32. The summed E-state index contributed by atoms with van der Waals surface area (Å²) in [6, 6.07) is 16.9. The number of benzene rings is 2. The molecule has 0 fully saturated rings. The summed E-state index contributed by atoms with van der Waals surface area (Å²) in [5.41, 5.74) is 1.71. The molecular formula is C26H25N5O4. The second-order valence-corrected chi connectivity index (χ2v) is 8.40. The van der Waals surface area contributed by atoms with E-state index in [1.165, 1.54) is 0 Å². The van der Waals surface area contributed by atoms with Crippen LogP contribution in [0.4, 0.5) is 0 Å². The largest absolute Gasteiger partial charge is 0.493 e. The van der Waals surface area contributed by atoms with Crippen molar-refractivity contribution in [3.05, 3.63) is 87.9 Å². The van der Waals surface area contributed by atoms with Gasteiger partial charge in [-0.1, -0.05) is 61.0 Å². The molecular weight excluding hydrogens is 446 g/mol. The van der Waals surface area contributed by atoms with Gasteiger partial charge in [-0.2, -0.15) is 4.98 Å². The molecule has 0 aliphatic rings. The predicted molar refractivity (Wildman–Crippen MR) is 129 cm³/mol. The third-order valence-electron chi connectivity index (χ3n) is 6.04. The maximum atomic E-state index is 13.7. The van der Waals surface area contributed by atoms with E-state index in [1.807, 2.05) is 61.5 Å². The van der Waals surface area contributed by atoms with E-state index < -0.39 is 11.4 Å². The summed E-state index contributed by atoms with van der Waals surface area (Å²) < 4.78 is 12.7. The van der Waals surface area contributed by atoms with Crippen molar-refractivity contribution in [1.82, 2.24) is 24.9 Å². The van der Waals surface area contributed by atoms with Gasteiger partial charge in [0.05, 0.1) is 12.5 Å². The lowest BCUT2D eigenvalue weighted by Gasteiger charge is -2.20. The van der Waals surface area contributed by atoms with Crippen molar-refractivity contribution in [1.29, 1.82) is 0 Å². The van der Waals surface area contributed by atoms with Gasteiger partial charge in [0.25, 0.3) is 11.4 Å². The van der Waals surface area contributed by atoms with Crippen molar-refractivity contribution < 1.29 is 14.0 Å². The number of fused-ring (bicyclic) bond motifs is 1. The minimum atomic E-state index is -0.429. The topological polar surface area (TPSA) is 120 Å². The summed E-state index contributed by atoms with van der Waals surface area (Å²) in [5, 5.41) is 23.8. The number of nitrogens with zero attached hydrogens (tertiary/aromatic N) is 5. The second-order valence-electron chi connectivity index (χ2n) is 8.40. The molecule has 0 bridgehead atoms. The van der Waals surface area contributed by atoms with E-state index in [1.54, 1.807) is 4.57 Å².